The third kappa shape index (κ3) is 3.35. The van der Waals surface area contributed by atoms with Crippen molar-refractivity contribution in [2.45, 2.75) is 52.5 Å². The Hall–Kier alpha value is -2.18. The van der Waals surface area contributed by atoms with Gasteiger partial charge in [-0.1, -0.05) is 26.7 Å². The number of H-pyrrole nitrogens is 1. The lowest BCUT2D eigenvalue weighted by Crippen LogP contribution is -2.33. The summed E-state index contributed by atoms with van der Waals surface area (Å²) in [5.41, 5.74) is -0.0641. The van der Waals surface area contributed by atoms with E-state index in [2.05, 4.69) is 27.4 Å². The van der Waals surface area contributed by atoms with Gasteiger partial charge in [0.15, 0.2) is 5.82 Å². The Kier molecular flexibility index (Phi) is 5.30. The van der Waals surface area contributed by atoms with Crippen molar-refractivity contribution in [1.29, 1.82) is 0 Å². The summed E-state index contributed by atoms with van der Waals surface area (Å²) in [6.07, 6.45) is 7.06. The second-order valence-corrected chi connectivity index (χ2v) is 5.52. The fourth-order valence-electron chi connectivity index (χ4n) is 2.52. The van der Waals surface area contributed by atoms with E-state index in [0.717, 1.165) is 25.7 Å². The molecule has 0 aromatic carbocycles. The first kappa shape index (κ1) is 16.2. The molecule has 2 atom stereocenters. The minimum atomic E-state index is -0.306. The van der Waals surface area contributed by atoms with Crippen LogP contribution >= 0.6 is 0 Å². The van der Waals surface area contributed by atoms with Crippen LogP contribution in [0.5, 0.6) is 0 Å². The second kappa shape index (κ2) is 7.20. The number of nitrogens with one attached hydrogen (secondary N) is 2. The molecule has 0 aliphatic heterocycles. The number of aromatic amines is 1. The van der Waals surface area contributed by atoms with Crippen LogP contribution in [0, 0.1) is 5.92 Å². The number of nitrogens with zero attached hydrogens (tertiary/aromatic N) is 3. The number of carbonyl (C=O) groups excluding carboxylic acids is 1. The van der Waals surface area contributed by atoms with Gasteiger partial charge in [-0.25, -0.2) is 0 Å². The normalized spacial score (nSPS) is 14.0. The first-order valence-electron chi connectivity index (χ1n) is 7.81. The van der Waals surface area contributed by atoms with Crippen LogP contribution in [0.15, 0.2) is 17.2 Å². The zero-order valence-corrected chi connectivity index (χ0v) is 13.3. The number of rotatable bonds is 7. The van der Waals surface area contributed by atoms with Crippen LogP contribution in [0.2, 0.25) is 0 Å². The van der Waals surface area contributed by atoms with Gasteiger partial charge in [0, 0.05) is 18.3 Å². The lowest BCUT2D eigenvalue weighted by molar-refractivity contribution is -0.126. The van der Waals surface area contributed by atoms with Crippen LogP contribution in [0.3, 0.4) is 0 Å². The molecule has 120 valence electrons. The van der Waals surface area contributed by atoms with Crippen molar-refractivity contribution in [3.05, 3.63) is 28.6 Å². The highest BCUT2D eigenvalue weighted by Gasteiger charge is 2.21. The number of fused-ring (bicyclic) bond motifs is 1. The highest BCUT2D eigenvalue weighted by atomic mass is 16.2. The first-order valence-corrected chi connectivity index (χ1v) is 7.81. The summed E-state index contributed by atoms with van der Waals surface area (Å²) >= 11 is 0. The van der Waals surface area contributed by atoms with Gasteiger partial charge < -0.3 is 10.3 Å². The predicted octanol–water partition coefficient (Wildman–Crippen LogP) is 1.81. The highest BCUT2D eigenvalue weighted by molar-refractivity contribution is 5.78. The monoisotopic (exact) mass is 305 g/mol. The molecule has 0 fully saturated rings. The Balaban J connectivity index is 2.13. The Labute approximate surface area is 129 Å². The van der Waals surface area contributed by atoms with E-state index in [9.17, 15) is 9.59 Å². The molecule has 2 heterocycles. The molecule has 2 N–H and O–H groups in total. The van der Waals surface area contributed by atoms with E-state index in [-0.39, 0.29) is 29.1 Å². The number of unbranched alkanes of at least 4 members (excludes halogenated alkanes) is 1. The van der Waals surface area contributed by atoms with Crippen LogP contribution in [0.25, 0.3) is 5.65 Å². The van der Waals surface area contributed by atoms with E-state index in [1.165, 1.54) is 6.20 Å². The quantitative estimate of drug-likeness (QED) is 0.816. The Morgan fingerprint density at radius 2 is 2.18 bits per heavy atom. The van der Waals surface area contributed by atoms with E-state index in [4.69, 9.17) is 0 Å². The van der Waals surface area contributed by atoms with Crippen LogP contribution in [0.1, 0.15) is 58.3 Å². The molecule has 2 aromatic heterocycles. The van der Waals surface area contributed by atoms with Crippen LogP contribution in [-0.2, 0) is 4.79 Å². The largest absolute Gasteiger partial charge is 0.346 e. The zero-order chi connectivity index (χ0) is 16.1. The van der Waals surface area contributed by atoms with E-state index in [0.29, 0.717) is 5.82 Å². The maximum absolute atomic E-state index is 12.4. The average Bonchev–Trinajstić information content (AvgIpc) is 2.93. The van der Waals surface area contributed by atoms with Crippen LogP contribution in [-0.4, -0.2) is 25.5 Å². The standard InChI is InChI=1S/C15H23N5O2/c1-4-6-7-11(5-2)14(21)17-10(3)12-18-19-13-15(22)16-8-9-20(12)13/h8-11H,4-7H2,1-3H3,(H,16,22)(H,17,21). The summed E-state index contributed by atoms with van der Waals surface area (Å²) in [5, 5.41) is 10.9. The predicted molar refractivity (Wildman–Crippen MR) is 83.5 cm³/mol. The molecule has 0 radical (unpaired) electrons. The SMILES string of the molecule is CCCCC(CC)C(=O)NC(C)c1nnc2c(=O)[nH]ccn12. The molecule has 0 aliphatic carbocycles. The van der Waals surface area contributed by atoms with Gasteiger partial charge in [0.1, 0.15) is 0 Å². The van der Waals surface area contributed by atoms with Gasteiger partial charge in [-0.05, 0) is 19.8 Å². The number of hydrogen-bond donors (Lipinski definition) is 2. The van der Waals surface area contributed by atoms with E-state index >= 15 is 0 Å². The third-order valence-corrected chi connectivity index (χ3v) is 3.88. The molecule has 0 spiro atoms. The van der Waals surface area contributed by atoms with Crippen molar-refractivity contribution in [2.75, 3.05) is 0 Å². The summed E-state index contributed by atoms with van der Waals surface area (Å²) in [6.45, 7) is 5.99. The molecule has 22 heavy (non-hydrogen) atoms. The smallest absolute Gasteiger partial charge is 0.293 e. The Bertz CT molecular complexity index is 691. The van der Waals surface area contributed by atoms with Gasteiger partial charge in [0.05, 0.1) is 6.04 Å². The Morgan fingerprint density at radius 1 is 1.41 bits per heavy atom. The van der Waals surface area contributed by atoms with Gasteiger partial charge in [0.2, 0.25) is 11.6 Å². The molecule has 0 bridgehead atoms. The lowest BCUT2D eigenvalue weighted by Gasteiger charge is -2.18. The molecule has 7 heteroatoms. The van der Waals surface area contributed by atoms with E-state index in [1.807, 2.05) is 13.8 Å². The van der Waals surface area contributed by atoms with Crippen molar-refractivity contribution in [1.82, 2.24) is 24.9 Å². The van der Waals surface area contributed by atoms with Crippen molar-refractivity contribution < 1.29 is 4.79 Å². The highest BCUT2D eigenvalue weighted by Crippen LogP contribution is 2.16. The number of aromatic nitrogens is 4. The lowest BCUT2D eigenvalue weighted by atomic mass is 9.98. The molecule has 2 aromatic rings. The van der Waals surface area contributed by atoms with Crippen molar-refractivity contribution in [2.24, 2.45) is 5.92 Å². The summed E-state index contributed by atoms with van der Waals surface area (Å²) < 4.78 is 1.61. The molecule has 2 rings (SSSR count). The van der Waals surface area contributed by atoms with Crippen molar-refractivity contribution >= 4 is 11.6 Å². The van der Waals surface area contributed by atoms with Crippen molar-refractivity contribution in [3.8, 4) is 0 Å². The van der Waals surface area contributed by atoms with Gasteiger partial charge in [-0.15, -0.1) is 10.2 Å². The first-order chi connectivity index (χ1) is 10.6. The number of hydrogen-bond acceptors (Lipinski definition) is 4. The van der Waals surface area contributed by atoms with Crippen LogP contribution < -0.4 is 10.9 Å². The molecule has 7 nitrogen and oxygen atoms in total. The fraction of sp³-hybridized carbons (Fsp3) is 0.600. The van der Waals surface area contributed by atoms with E-state index in [1.54, 1.807) is 10.6 Å². The van der Waals surface area contributed by atoms with Gasteiger partial charge in [-0.3, -0.25) is 14.0 Å². The minimum absolute atomic E-state index is 0.0185. The van der Waals surface area contributed by atoms with E-state index < -0.39 is 0 Å². The topological polar surface area (TPSA) is 92.2 Å². The van der Waals surface area contributed by atoms with Crippen LogP contribution in [0.4, 0.5) is 0 Å². The Morgan fingerprint density at radius 3 is 2.86 bits per heavy atom. The zero-order valence-electron chi connectivity index (χ0n) is 13.3. The second-order valence-electron chi connectivity index (χ2n) is 5.52. The van der Waals surface area contributed by atoms with Crippen molar-refractivity contribution in [3.63, 3.8) is 0 Å². The molecule has 0 saturated heterocycles. The molecular weight excluding hydrogens is 282 g/mol. The molecule has 1 amide bonds. The maximum Gasteiger partial charge on any atom is 0.293 e. The molecule has 0 saturated carbocycles. The van der Waals surface area contributed by atoms with Gasteiger partial charge in [-0.2, -0.15) is 0 Å². The van der Waals surface area contributed by atoms with Gasteiger partial charge in [0.25, 0.3) is 5.56 Å². The average molecular weight is 305 g/mol. The molecule has 2 unspecified atom stereocenters. The fourth-order valence-corrected chi connectivity index (χ4v) is 2.52. The summed E-state index contributed by atoms with van der Waals surface area (Å²) in [4.78, 5) is 26.5. The maximum atomic E-state index is 12.4. The minimum Gasteiger partial charge on any atom is -0.346 e. The molecule has 0 aliphatic rings. The third-order valence-electron chi connectivity index (χ3n) is 3.88. The number of amides is 1. The summed E-state index contributed by atoms with van der Waals surface area (Å²) in [6, 6.07) is -0.306. The summed E-state index contributed by atoms with van der Waals surface area (Å²) in [5.74, 6) is 0.606. The van der Waals surface area contributed by atoms with Gasteiger partial charge >= 0.3 is 0 Å². The molecular formula is C15H23N5O2. The summed E-state index contributed by atoms with van der Waals surface area (Å²) in [7, 11) is 0. The number of carbonyl (C=O) groups is 1.